The van der Waals surface area contributed by atoms with Crippen molar-refractivity contribution in [3.8, 4) is 0 Å². The molecule has 0 spiro atoms. The number of piperazine rings is 1. The van der Waals surface area contributed by atoms with Crippen molar-refractivity contribution in [3.63, 3.8) is 0 Å². The summed E-state index contributed by atoms with van der Waals surface area (Å²) in [5.74, 6) is -0.474. The average molecular weight is 279 g/mol. The topological polar surface area (TPSA) is 35.6 Å². The highest BCUT2D eigenvalue weighted by molar-refractivity contribution is 5.94. The van der Waals surface area contributed by atoms with Crippen LogP contribution in [0.4, 0.5) is 4.39 Å². The van der Waals surface area contributed by atoms with Crippen molar-refractivity contribution in [2.75, 3.05) is 39.8 Å². The van der Waals surface area contributed by atoms with Crippen LogP contribution in [0.2, 0.25) is 0 Å². The van der Waals surface area contributed by atoms with Gasteiger partial charge in [-0.05, 0) is 38.2 Å². The number of amides is 1. The Morgan fingerprint density at radius 1 is 1.25 bits per heavy atom. The highest BCUT2D eigenvalue weighted by atomic mass is 19.1. The summed E-state index contributed by atoms with van der Waals surface area (Å²) in [6, 6.07) is 5.93. The highest BCUT2D eigenvalue weighted by Gasteiger charge is 2.19. The minimum atomic E-state index is -0.327. The maximum Gasteiger partial charge on any atom is 0.251 e. The predicted octanol–water partition coefficient (Wildman–Crippen LogP) is 1.19. The lowest BCUT2D eigenvalue weighted by atomic mass is 10.2. The molecule has 1 aliphatic rings. The molecule has 1 heterocycles. The molecule has 0 bridgehead atoms. The predicted molar refractivity (Wildman–Crippen MR) is 77.3 cm³/mol. The van der Waals surface area contributed by atoms with Crippen LogP contribution >= 0.6 is 0 Å². The van der Waals surface area contributed by atoms with E-state index in [0.29, 0.717) is 18.2 Å². The van der Waals surface area contributed by atoms with E-state index in [1.54, 1.807) is 0 Å². The normalized spacial score (nSPS) is 18.8. The van der Waals surface area contributed by atoms with Crippen molar-refractivity contribution in [3.05, 3.63) is 35.6 Å². The minimum Gasteiger partial charge on any atom is -0.350 e. The maximum atomic E-state index is 12.8. The first-order valence-electron chi connectivity index (χ1n) is 7.02. The van der Waals surface area contributed by atoms with E-state index in [1.165, 1.54) is 24.3 Å². The van der Waals surface area contributed by atoms with Gasteiger partial charge >= 0.3 is 0 Å². The molecule has 20 heavy (non-hydrogen) atoms. The average Bonchev–Trinajstić information content (AvgIpc) is 2.46. The third kappa shape index (κ3) is 4.02. The van der Waals surface area contributed by atoms with Gasteiger partial charge in [-0.25, -0.2) is 4.39 Å². The van der Waals surface area contributed by atoms with Crippen molar-refractivity contribution in [2.24, 2.45) is 0 Å². The number of likely N-dealkylation sites (N-methyl/N-ethyl adjacent to an activating group) is 1. The largest absolute Gasteiger partial charge is 0.350 e. The Bertz CT molecular complexity index is 441. The fraction of sp³-hybridized carbons (Fsp3) is 0.533. The molecule has 1 fully saturated rings. The van der Waals surface area contributed by atoms with Gasteiger partial charge in [0.1, 0.15) is 5.82 Å². The molecule has 0 aliphatic carbocycles. The van der Waals surface area contributed by atoms with Crippen molar-refractivity contribution in [1.82, 2.24) is 15.1 Å². The zero-order chi connectivity index (χ0) is 14.5. The molecule has 1 N–H and O–H groups in total. The van der Waals surface area contributed by atoms with Gasteiger partial charge in [0.2, 0.25) is 0 Å². The molecule has 0 aromatic heterocycles. The minimum absolute atomic E-state index is 0.147. The summed E-state index contributed by atoms with van der Waals surface area (Å²) < 4.78 is 12.8. The first-order chi connectivity index (χ1) is 9.56. The number of nitrogens with zero attached hydrogens (tertiary/aromatic N) is 2. The number of hydrogen-bond donors (Lipinski definition) is 1. The number of nitrogens with one attached hydrogen (secondary N) is 1. The number of carbonyl (C=O) groups is 1. The van der Waals surface area contributed by atoms with E-state index in [9.17, 15) is 9.18 Å². The third-order valence-corrected chi connectivity index (χ3v) is 3.83. The summed E-state index contributed by atoms with van der Waals surface area (Å²) in [5.41, 5.74) is 0.497. The van der Waals surface area contributed by atoms with Gasteiger partial charge in [-0.3, -0.25) is 9.69 Å². The van der Waals surface area contributed by atoms with Crippen LogP contribution in [-0.2, 0) is 0 Å². The van der Waals surface area contributed by atoms with Crippen LogP contribution in [0.15, 0.2) is 24.3 Å². The molecule has 1 aliphatic heterocycles. The molecule has 5 heteroatoms. The molecular weight excluding hydrogens is 257 g/mol. The lowest BCUT2D eigenvalue weighted by Gasteiger charge is -2.36. The highest BCUT2D eigenvalue weighted by Crippen LogP contribution is 2.05. The lowest BCUT2D eigenvalue weighted by Crippen LogP contribution is -2.51. The number of halogens is 1. The van der Waals surface area contributed by atoms with Crippen LogP contribution in [0.5, 0.6) is 0 Å². The molecule has 0 radical (unpaired) electrons. The van der Waals surface area contributed by atoms with E-state index in [-0.39, 0.29) is 11.7 Å². The lowest BCUT2D eigenvalue weighted by molar-refractivity contribution is 0.0903. The molecule has 1 saturated heterocycles. The zero-order valence-corrected chi connectivity index (χ0v) is 12.1. The maximum absolute atomic E-state index is 12.8. The Balaban J connectivity index is 1.79. The standard InChI is InChI=1S/C15H22FN3O/c1-12(19-9-7-18(2)8-10-19)11-17-15(20)13-3-5-14(16)6-4-13/h3-6,12H,7-11H2,1-2H3,(H,17,20). The molecule has 1 unspecified atom stereocenters. The Kier molecular flexibility index (Phi) is 5.09. The second-order valence-corrected chi connectivity index (χ2v) is 5.41. The molecule has 1 atom stereocenters. The molecule has 1 amide bonds. The van der Waals surface area contributed by atoms with E-state index in [4.69, 9.17) is 0 Å². The second kappa shape index (κ2) is 6.81. The van der Waals surface area contributed by atoms with Crippen molar-refractivity contribution in [1.29, 1.82) is 0 Å². The Morgan fingerprint density at radius 2 is 1.85 bits per heavy atom. The van der Waals surface area contributed by atoms with Crippen LogP contribution in [-0.4, -0.2) is 61.5 Å². The Labute approximate surface area is 119 Å². The fourth-order valence-electron chi connectivity index (χ4n) is 2.34. The number of rotatable bonds is 4. The Morgan fingerprint density at radius 3 is 2.45 bits per heavy atom. The van der Waals surface area contributed by atoms with E-state index < -0.39 is 0 Å². The first-order valence-corrected chi connectivity index (χ1v) is 7.02. The summed E-state index contributed by atoms with van der Waals surface area (Å²) in [6.45, 7) is 6.93. The van der Waals surface area contributed by atoms with Crippen molar-refractivity contribution < 1.29 is 9.18 Å². The zero-order valence-electron chi connectivity index (χ0n) is 12.1. The second-order valence-electron chi connectivity index (χ2n) is 5.41. The summed E-state index contributed by atoms with van der Waals surface area (Å²) in [6.07, 6.45) is 0. The Hall–Kier alpha value is -1.46. The van der Waals surface area contributed by atoms with Gasteiger partial charge in [0.15, 0.2) is 0 Å². The number of benzene rings is 1. The van der Waals surface area contributed by atoms with Crippen molar-refractivity contribution >= 4 is 5.91 Å². The van der Waals surface area contributed by atoms with Crippen LogP contribution in [0, 0.1) is 5.82 Å². The van der Waals surface area contributed by atoms with Crippen LogP contribution in [0.25, 0.3) is 0 Å². The van der Waals surface area contributed by atoms with Gasteiger partial charge in [-0.1, -0.05) is 0 Å². The van der Waals surface area contributed by atoms with E-state index in [1.807, 2.05) is 0 Å². The molecule has 110 valence electrons. The van der Waals surface area contributed by atoms with Crippen molar-refractivity contribution in [2.45, 2.75) is 13.0 Å². The molecule has 2 rings (SSSR count). The fourth-order valence-corrected chi connectivity index (χ4v) is 2.34. The van der Waals surface area contributed by atoms with Gasteiger partial charge in [0.05, 0.1) is 0 Å². The summed E-state index contributed by atoms with van der Waals surface area (Å²) in [4.78, 5) is 16.6. The monoisotopic (exact) mass is 279 g/mol. The van der Waals surface area contributed by atoms with E-state index in [2.05, 4.69) is 29.1 Å². The quantitative estimate of drug-likeness (QED) is 0.899. The number of hydrogen-bond acceptors (Lipinski definition) is 3. The molecule has 1 aromatic rings. The van der Waals surface area contributed by atoms with Gasteiger partial charge in [0.25, 0.3) is 5.91 Å². The molecular formula is C15H22FN3O. The summed E-state index contributed by atoms with van der Waals surface area (Å²) in [5, 5.41) is 2.91. The number of carbonyl (C=O) groups excluding carboxylic acids is 1. The van der Waals surface area contributed by atoms with E-state index >= 15 is 0 Å². The van der Waals surface area contributed by atoms with Gasteiger partial charge in [0, 0.05) is 44.3 Å². The molecule has 4 nitrogen and oxygen atoms in total. The molecule has 1 aromatic carbocycles. The first kappa shape index (κ1) is 14.9. The van der Waals surface area contributed by atoms with E-state index in [0.717, 1.165) is 26.2 Å². The third-order valence-electron chi connectivity index (χ3n) is 3.83. The van der Waals surface area contributed by atoms with Crippen LogP contribution < -0.4 is 5.32 Å². The van der Waals surface area contributed by atoms with Gasteiger partial charge < -0.3 is 10.2 Å². The smallest absolute Gasteiger partial charge is 0.251 e. The van der Waals surface area contributed by atoms with Gasteiger partial charge in [-0.2, -0.15) is 0 Å². The van der Waals surface area contributed by atoms with Crippen LogP contribution in [0.1, 0.15) is 17.3 Å². The SMILES string of the molecule is CC(CNC(=O)c1ccc(F)cc1)N1CCN(C)CC1. The summed E-state index contributed by atoms with van der Waals surface area (Å²) >= 11 is 0. The summed E-state index contributed by atoms with van der Waals surface area (Å²) in [7, 11) is 2.12. The van der Waals surface area contributed by atoms with Gasteiger partial charge in [-0.15, -0.1) is 0 Å². The molecule has 0 saturated carbocycles. The van der Waals surface area contributed by atoms with Crippen LogP contribution in [0.3, 0.4) is 0 Å².